The quantitative estimate of drug-likeness (QED) is 0.940. The number of aromatic nitrogens is 2. The largest absolute Gasteiger partial charge is 0.339 e. The summed E-state index contributed by atoms with van der Waals surface area (Å²) < 4.78 is 0. The summed E-state index contributed by atoms with van der Waals surface area (Å²) in [4.78, 5) is 28.5. The molecule has 2 heterocycles. The number of hydrogen-bond acceptors (Lipinski definition) is 3. The Kier molecular flexibility index (Phi) is 4.32. The number of carbonyl (C=O) groups excluding carboxylic acids is 2. The van der Waals surface area contributed by atoms with Crippen molar-refractivity contribution < 1.29 is 9.59 Å². The third kappa shape index (κ3) is 2.93. The fraction of sp³-hybridized carbons (Fsp3) is 0.471. The van der Waals surface area contributed by atoms with Crippen molar-refractivity contribution in [2.75, 3.05) is 26.2 Å². The monoisotopic (exact) mass is 314 g/mol. The van der Waals surface area contributed by atoms with Gasteiger partial charge in [-0.25, -0.2) is 0 Å². The maximum absolute atomic E-state index is 12.7. The molecule has 1 aromatic heterocycles. The standard InChI is InChI=1S/C17H22N4O2/c1-3-12(2)16(22)20-8-10-21(11-9-20)17(23)15-13-6-4-5-7-14(13)18-19-15/h4-7,12H,3,8-11H2,1-2H3,(H,18,19)/t12-/m0/s1. The van der Waals surface area contributed by atoms with Crippen LogP contribution >= 0.6 is 0 Å². The molecule has 1 saturated heterocycles. The zero-order chi connectivity index (χ0) is 16.4. The van der Waals surface area contributed by atoms with Crippen molar-refractivity contribution in [1.82, 2.24) is 20.0 Å². The van der Waals surface area contributed by atoms with Crippen LogP contribution in [-0.2, 0) is 4.79 Å². The summed E-state index contributed by atoms with van der Waals surface area (Å²) in [5.41, 5.74) is 1.32. The highest BCUT2D eigenvalue weighted by molar-refractivity contribution is 6.04. The van der Waals surface area contributed by atoms with Crippen LogP contribution < -0.4 is 0 Å². The lowest BCUT2D eigenvalue weighted by molar-refractivity contribution is -0.136. The van der Waals surface area contributed by atoms with Crippen LogP contribution in [0.2, 0.25) is 0 Å². The number of hydrogen-bond donors (Lipinski definition) is 1. The number of piperazine rings is 1. The van der Waals surface area contributed by atoms with Gasteiger partial charge in [-0.1, -0.05) is 32.0 Å². The maximum Gasteiger partial charge on any atom is 0.275 e. The third-order valence-electron chi connectivity index (χ3n) is 4.59. The van der Waals surface area contributed by atoms with E-state index >= 15 is 0 Å². The average Bonchev–Trinajstić information content (AvgIpc) is 3.04. The van der Waals surface area contributed by atoms with Crippen LogP contribution in [0.15, 0.2) is 24.3 Å². The molecule has 1 aliphatic rings. The third-order valence-corrected chi connectivity index (χ3v) is 4.59. The van der Waals surface area contributed by atoms with Crippen LogP contribution in [0.25, 0.3) is 10.9 Å². The summed E-state index contributed by atoms with van der Waals surface area (Å²) in [6.45, 7) is 6.28. The summed E-state index contributed by atoms with van der Waals surface area (Å²) in [5, 5.41) is 7.91. The van der Waals surface area contributed by atoms with E-state index in [-0.39, 0.29) is 17.7 Å². The highest BCUT2D eigenvalue weighted by Gasteiger charge is 2.28. The molecule has 1 aliphatic heterocycles. The number of nitrogens with one attached hydrogen (secondary N) is 1. The van der Waals surface area contributed by atoms with E-state index in [0.29, 0.717) is 31.9 Å². The molecule has 6 nitrogen and oxygen atoms in total. The van der Waals surface area contributed by atoms with Crippen molar-refractivity contribution in [3.8, 4) is 0 Å². The predicted molar refractivity (Wildman–Crippen MR) is 88.0 cm³/mol. The van der Waals surface area contributed by atoms with E-state index in [2.05, 4.69) is 10.2 Å². The van der Waals surface area contributed by atoms with Gasteiger partial charge >= 0.3 is 0 Å². The molecule has 0 radical (unpaired) electrons. The number of fused-ring (bicyclic) bond motifs is 1. The Balaban J connectivity index is 1.68. The van der Waals surface area contributed by atoms with Crippen LogP contribution in [0.5, 0.6) is 0 Å². The number of para-hydroxylation sites is 1. The lowest BCUT2D eigenvalue weighted by atomic mass is 10.1. The van der Waals surface area contributed by atoms with E-state index in [1.807, 2.05) is 43.0 Å². The van der Waals surface area contributed by atoms with E-state index in [0.717, 1.165) is 17.3 Å². The summed E-state index contributed by atoms with van der Waals surface area (Å²) >= 11 is 0. The Labute approximate surface area is 135 Å². The van der Waals surface area contributed by atoms with Crippen molar-refractivity contribution in [3.05, 3.63) is 30.0 Å². The average molecular weight is 314 g/mol. The predicted octanol–water partition coefficient (Wildman–Crippen LogP) is 1.89. The zero-order valence-electron chi connectivity index (χ0n) is 13.6. The molecule has 122 valence electrons. The molecule has 1 aromatic carbocycles. The second kappa shape index (κ2) is 6.40. The Bertz CT molecular complexity index is 716. The Morgan fingerprint density at radius 3 is 2.52 bits per heavy atom. The van der Waals surface area contributed by atoms with Crippen molar-refractivity contribution >= 4 is 22.7 Å². The van der Waals surface area contributed by atoms with Gasteiger partial charge in [-0.15, -0.1) is 0 Å². The summed E-state index contributed by atoms with van der Waals surface area (Å²) in [5.74, 6) is 0.162. The summed E-state index contributed by atoms with van der Waals surface area (Å²) in [7, 11) is 0. The van der Waals surface area contributed by atoms with Crippen LogP contribution in [0.4, 0.5) is 0 Å². The van der Waals surface area contributed by atoms with Gasteiger partial charge in [-0.2, -0.15) is 5.10 Å². The first-order chi connectivity index (χ1) is 11.1. The first-order valence-corrected chi connectivity index (χ1v) is 8.13. The van der Waals surface area contributed by atoms with Crippen LogP contribution in [0.3, 0.4) is 0 Å². The normalized spacial score (nSPS) is 16.6. The Morgan fingerprint density at radius 1 is 1.17 bits per heavy atom. The molecule has 0 bridgehead atoms. The molecule has 6 heteroatoms. The number of benzene rings is 1. The zero-order valence-corrected chi connectivity index (χ0v) is 13.6. The molecule has 23 heavy (non-hydrogen) atoms. The molecule has 2 amide bonds. The molecular formula is C17H22N4O2. The van der Waals surface area contributed by atoms with Crippen molar-refractivity contribution in [1.29, 1.82) is 0 Å². The van der Waals surface area contributed by atoms with E-state index in [1.165, 1.54) is 0 Å². The van der Waals surface area contributed by atoms with E-state index in [4.69, 9.17) is 0 Å². The fourth-order valence-electron chi connectivity index (χ4n) is 2.89. The van der Waals surface area contributed by atoms with Gasteiger partial charge in [0.15, 0.2) is 5.69 Å². The van der Waals surface area contributed by atoms with Crippen LogP contribution in [0, 0.1) is 5.92 Å². The van der Waals surface area contributed by atoms with Gasteiger partial charge in [-0.3, -0.25) is 14.7 Å². The van der Waals surface area contributed by atoms with Gasteiger partial charge in [0.2, 0.25) is 5.91 Å². The molecule has 0 spiro atoms. The van der Waals surface area contributed by atoms with Crippen molar-refractivity contribution in [2.45, 2.75) is 20.3 Å². The van der Waals surface area contributed by atoms with Crippen molar-refractivity contribution in [3.63, 3.8) is 0 Å². The highest BCUT2D eigenvalue weighted by Crippen LogP contribution is 2.18. The van der Waals surface area contributed by atoms with Gasteiger partial charge in [0.25, 0.3) is 5.91 Å². The number of aromatic amines is 1. The van der Waals surface area contributed by atoms with Gasteiger partial charge in [0, 0.05) is 37.5 Å². The van der Waals surface area contributed by atoms with E-state index in [9.17, 15) is 9.59 Å². The first kappa shape index (κ1) is 15.5. The molecule has 0 saturated carbocycles. The molecule has 1 N–H and O–H groups in total. The molecule has 1 atom stereocenters. The van der Waals surface area contributed by atoms with Gasteiger partial charge < -0.3 is 9.80 Å². The number of carbonyl (C=O) groups is 2. The van der Waals surface area contributed by atoms with E-state index < -0.39 is 0 Å². The van der Waals surface area contributed by atoms with Gasteiger partial charge in [0.1, 0.15) is 0 Å². The summed E-state index contributed by atoms with van der Waals surface area (Å²) in [6.07, 6.45) is 0.844. The molecule has 1 fully saturated rings. The number of rotatable bonds is 3. The minimum Gasteiger partial charge on any atom is -0.339 e. The SMILES string of the molecule is CC[C@H](C)C(=O)N1CCN(C(=O)c2n[nH]c3ccccc23)CC1. The lowest BCUT2D eigenvalue weighted by Crippen LogP contribution is -2.51. The Hall–Kier alpha value is -2.37. The van der Waals surface area contributed by atoms with Gasteiger partial charge in [-0.05, 0) is 12.5 Å². The Morgan fingerprint density at radius 2 is 1.83 bits per heavy atom. The lowest BCUT2D eigenvalue weighted by Gasteiger charge is -2.35. The fourth-order valence-corrected chi connectivity index (χ4v) is 2.89. The van der Waals surface area contributed by atoms with Crippen LogP contribution in [0.1, 0.15) is 30.8 Å². The first-order valence-electron chi connectivity index (χ1n) is 8.13. The minimum absolute atomic E-state index is 0.0486. The number of H-pyrrole nitrogens is 1. The summed E-state index contributed by atoms with van der Waals surface area (Å²) in [6, 6.07) is 7.61. The van der Waals surface area contributed by atoms with E-state index in [1.54, 1.807) is 4.90 Å². The number of nitrogens with zero attached hydrogens (tertiary/aromatic N) is 3. The maximum atomic E-state index is 12.7. The second-order valence-electron chi connectivity index (χ2n) is 6.04. The molecule has 3 rings (SSSR count). The topological polar surface area (TPSA) is 69.3 Å². The van der Waals surface area contributed by atoms with Crippen LogP contribution in [-0.4, -0.2) is 58.0 Å². The van der Waals surface area contributed by atoms with Gasteiger partial charge in [0.05, 0.1) is 5.52 Å². The smallest absolute Gasteiger partial charge is 0.275 e. The molecule has 2 aromatic rings. The molecule has 0 aliphatic carbocycles. The second-order valence-corrected chi connectivity index (χ2v) is 6.04. The molecular weight excluding hydrogens is 292 g/mol. The molecule has 0 unspecified atom stereocenters. The van der Waals surface area contributed by atoms with Crippen molar-refractivity contribution in [2.24, 2.45) is 5.92 Å². The highest BCUT2D eigenvalue weighted by atomic mass is 16.2. The minimum atomic E-state index is -0.0712. The number of amides is 2.